The van der Waals surface area contributed by atoms with Gasteiger partial charge in [0, 0.05) is 24.5 Å². The van der Waals surface area contributed by atoms with Crippen LogP contribution in [0.1, 0.15) is 5.56 Å². The average Bonchev–Trinajstić information content (AvgIpc) is 2.03. The lowest BCUT2D eigenvalue weighted by Crippen LogP contribution is -2.15. The van der Waals surface area contributed by atoms with Crippen LogP contribution in [0, 0.1) is 11.6 Å². The van der Waals surface area contributed by atoms with Gasteiger partial charge in [-0.25, -0.2) is 8.78 Å². The Kier molecular flexibility index (Phi) is 4.32. The number of alkyl halides is 1. The molecular weight excluding hydrogens is 240 g/mol. The molecule has 4 heteroatoms. The van der Waals surface area contributed by atoms with E-state index in [-0.39, 0.29) is 0 Å². The number of hydrogen-bond acceptors (Lipinski definition) is 1. The molecule has 1 aromatic rings. The van der Waals surface area contributed by atoms with E-state index in [0.717, 1.165) is 17.9 Å². The average molecular weight is 250 g/mol. The first kappa shape index (κ1) is 10.6. The third-order valence-corrected chi connectivity index (χ3v) is 1.92. The molecule has 0 bridgehead atoms. The van der Waals surface area contributed by atoms with Crippen LogP contribution in [0.3, 0.4) is 0 Å². The molecule has 0 fully saturated rings. The van der Waals surface area contributed by atoms with Crippen LogP contribution in [-0.2, 0) is 6.54 Å². The highest BCUT2D eigenvalue weighted by atomic mass is 79.9. The summed E-state index contributed by atoms with van der Waals surface area (Å²) in [4.78, 5) is 0. The largest absolute Gasteiger partial charge is 0.312 e. The molecule has 0 saturated heterocycles. The van der Waals surface area contributed by atoms with Crippen LogP contribution >= 0.6 is 15.9 Å². The van der Waals surface area contributed by atoms with Gasteiger partial charge < -0.3 is 5.32 Å². The Balaban J connectivity index is 2.56. The van der Waals surface area contributed by atoms with Gasteiger partial charge >= 0.3 is 0 Å². The van der Waals surface area contributed by atoms with E-state index in [1.54, 1.807) is 0 Å². The molecule has 0 aliphatic carbocycles. The SMILES string of the molecule is Fc1cc(F)cc(CNCCBr)c1. The van der Waals surface area contributed by atoms with Gasteiger partial charge in [-0.15, -0.1) is 0 Å². The van der Waals surface area contributed by atoms with Crippen molar-refractivity contribution < 1.29 is 8.78 Å². The summed E-state index contributed by atoms with van der Waals surface area (Å²) in [6.45, 7) is 1.26. The van der Waals surface area contributed by atoms with Crippen molar-refractivity contribution in [3.8, 4) is 0 Å². The topological polar surface area (TPSA) is 12.0 Å². The molecular formula is C9H10BrF2N. The molecule has 1 rings (SSSR count). The Hall–Kier alpha value is -0.480. The normalized spacial score (nSPS) is 10.4. The summed E-state index contributed by atoms with van der Waals surface area (Å²) >= 11 is 3.24. The van der Waals surface area contributed by atoms with Crippen molar-refractivity contribution in [2.75, 3.05) is 11.9 Å². The van der Waals surface area contributed by atoms with Gasteiger partial charge in [0.05, 0.1) is 0 Å². The first-order valence-electron chi connectivity index (χ1n) is 3.94. The quantitative estimate of drug-likeness (QED) is 0.639. The van der Waals surface area contributed by atoms with Crippen LogP contribution < -0.4 is 5.32 Å². The molecule has 1 N–H and O–H groups in total. The Labute approximate surface area is 84.3 Å². The smallest absolute Gasteiger partial charge is 0.126 e. The lowest BCUT2D eigenvalue weighted by molar-refractivity contribution is 0.576. The zero-order valence-corrected chi connectivity index (χ0v) is 8.57. The lowest BCUT2D eigenvalue weighted by Gasteiger charge is -2.02. The molecule has 0 saturated carbocycles. The second-order valence-corrected chi connectivity index (χ2v) is 3.44. The van der Waals surface area contributed by atoms with E-state index in [1.165, 1.54) is 12.1 Å². The lowest BCUT2D eigenvalue weighted by atomic mass is 10.2. The molecule has 1 nitrogen and oxygen atoms in total. The van der Waals surface area contributed by atoms with Crippen LogP contribution in [0.25, 0.3) is 0 Å². The summed E-state index contributed by atoms with van der Waals surface area (Å²) in [5, 5.41) is 3.85. The Morgan fingerprint density at radius 3 is 2.31 bits per heavy atom. The predicted octanol–water partition coefficient (Wildman–Crippen LogP) is 2.45. The predicted molar refractivity (Wildman–Crippen MR) is 51.9 cm³/mol. The molecule has 0 heterocycles. The minimum atomic E-state index is -0.532. The van der Waals surface area contributed by atoms with Gasteiger partial charge in [-0.3, -0.25) is 0 Å². The van der Waals surface area contributed by atoms with Gasteiger partial charge in [-0.05, 0) is 17.7 Å². The van der Waals surface area contributed by atoms with E-state index in [0.29, 0.717) is 12.1 Å². The second-order valence-electron chi connectivity index (χ2n) is 2.64. The third kappa shape index (κ3) is 3.83. The fraction of sp³-hybridized carbons (Fsp3) is 0.333. The minimum absolute atomic E-state index is 0.486. The molecule has 0 spiro atoms. The molecule has 0 unspecified atom stereocenters. The second kappa shape index (κ2) is 5.29. The first-order chi connectivity index (χ1) is 6.22. The monoisotopic (exact) mass is 249 g/mol. The molecule has 0 atom stereocenters. The third-order valence-electron chi connectivity index (χ3n) is 1.52. The summed E-state index contributed by atoms with van der Waals surface area (Å²) < 4.78 is 25.3. The van der Waals surface area contributed by atoms with Crippen molar-refractivity contribution in [3.63, 3.8) is 0 Å². The van der Waals surface area contributed by atoms with Gasteiger partial charge in [0.1, 0.15) is 11.6 Å². The van der Waals surface area contributed by atoms with Gasteiger partial charge in [0.25, 0.3) is 0 Å². The number of nitrogens with one attached hydrogen (secondary N) is 1. The van der Waals surface area contributed by atoms with Crippen LogP contribution in [0.15, 0.2) is 18.2 Å². The summed E-state index contributed by atoms with van der Waals surface area (Å²) in [6.07, 6.45) is 0. The number of rotatable bonds is 4. The van der Waals surface area contributed by atoms with E-state index in [4.69, 9.17) is 0 Å². The molecule has 0 aliphatic heterocycles. The molecule has 1 aromatic carbocycles. The highest BCUT2D eigenvalue weighted by Gasteiger charge is 1.99. The van der Waals surface area contributed by atoms with E-state index in [1.807, 2.05) is 0 Å². The van der Waals surface area contributed by atoms with Gasteiger partial charge in [0.2, 0.25) is 0 Å². The molecule has 0 aliphatic rings. The zero-order chi connectivity index (χ0) is 9.68. The highest BCUT2D eigenvalue weighted by molar-refractivity contribution is 9.09. The number of halogens is 3. The summed E-state index contributed by atoms with van der Waals surface area (Å²) in [5.41, 5.74) is 0.624. The van der Waals surface area contributed by atoms with Crippen LogP contribution in [0.2, 0.25) is 0 Å². The van der Waals surface area contributed by atoms with Crippen molar-refractivity contribution in [1.82, 2.24) is 5.32 Å². The van der Waals surface area contributed by atoms with Gasteiger partial charge in [0.15, 0.2) is 0 Å². The summed E-state index contributed by atoms with van der Waals surface area (Å²) in [7, 11) is 0. The maximum absolute atomic E-state index is 12.7. The molecule has 0 aromatic heterocycles. The number of benzene rings is 1. The molecule has 0 radical (unpaired) electrons. The number of hydrogen-bond donors (Lipinski definition) is 1. The van der Waals surface area contributed by atoms with Gasteiger partial charge in [-0.2, -0.15) is 0 Å². The van der Waals surface area contributed by atoms with E-state index in [2.05, 4.69) is 21.2 Å². The van der Waals surface area contributed by atoms with Crippen LogP contribution in [0.5, 0.6) is 0 Å². The van der Waals surface area contributed by atoms with Crippen molar-refractivity contribution in [3.05, 3.63) is 35.4 Å². The van der Waals surface area contributed by atoms with E-state index < -0.39 is 11.6 Å². The van der Waals surface area contributed by atoms with Gasteiger partial charge in [-0.1, -0.05) is 15.9 Å². The molecule has 72 valence electrons. The Morgan fingerprint density at radius 1 is 1.15 bits per heavy atom. The Bertz CT molecular complexity index is 258. The highest BCUT2D eigenvalue weighted by Crippen LogP contribution is 2.07. The van der Waals surface area contributed by atoms with Crippen molar-refractivity contribution in [1.29, 1.82) is 0 Å². The fourth-order valence-electron chi connectivity index (χ4n) is 1.01. The molecule has 0 amide bonds. The fourth-order valence-corrected chi connectivity index (χ4v) is 1.29. The zero-order valence-electron chi connectivity index (χ0n) is 6.99. The van der Waals surface area contributed by atoms with Crippen LogP contribution in [-0.4, -0.2) is 11.9 Å². The van der Waals surface area contributed by atoms with E-state index >= 15 is 0 Å². The van der Waals surface area contributed by atoms with Crippen molar-refractivity contribution in [2.24, 2.45) is 0 Å². The Morgan fingerprint density at radius 2 is 1.77 bits per heavy atom. The first-order valence-corrected chi connectivity index (χ1v) is 5.06. The maximum atomic E-state index is 12.7. The summed E-state index contributed by atoms with van der Waals surface area (Å²) in [5.74, 6) is -1.06. The maximum Gasteiger partial charge on any atom is 0.126 e. The molecule has 13 heavy (non-hydrogen) atoms. The minimum Gasteiger partial charge on any atom is -0.312 e. The van der Waals surface area contributed by atoms with E-state index in [9.17, 15) is 8.78 Å². The van der Waals surface area contributed by atoms with Crippen molar-refractivity contribution >= 4 is 15.9 Å². The standard InChI is InChI=1S/C9H10BrF2N/c10-1-2-13-6-7-3-8(11)5-9(12)4-7/h3-5,13H,1-2,6H2. The van der Waals surface area contributed by atoms with Crippen LogP contribution in [0.4, 0.5) is 8.78 Å². The summed E-state index contributed by atoms with van der Waals surface area (Å²) in [6, 6.07) is 3.52. The van der Waals surface area contributed by atoms with Crippen molar-refractivity contribution in [2.45, 2.75) is 6.54 Å².